The molecule has 3 heteroatoms. The third kappa shape index (κ3) is 2.29. The van der Waals surface area contributed by atoms with E-state index in [0.29, 0.717) is 24.4 Å². The molecule has 1 N–H and O–H groups in total. The van der Waals surface area contributed by atoms with Crippen molar-refractivity contribution in [3.63, 3.8) is 0 Å². The third-order valence-corrected chi connectivity index (χ3v) is 5.58. The lowest BCUT2D eigenvalue weighted by molar-refractivity contribution is -0.151. The Hall–Kier alpha value is -0.570. The van der Waals surface area contributed by atoms with Gasteiger partial charge in [0.1, 0.15) is 0 Å². The van der Waals surface area contributed by atoms with Crippen LogP contribution in [0.3, 0.4) is 0 Å². The molecule has 0 amide bonds. The van der Waals surface area contributed by atoms with Crippen LogP contribution in [-0.4, -0.2) is 23.3 Å². The molecule has 0 aromatic carbocycles. The van der Waals surface area contributed by atoms with Crippen molar-refractivity contribution in [3.8, 4) is 0 Å². The van der Waals surface area contributed by atoms with Crippen molar-refractivity contribution in [1.82, 2.24) is 0 Å². The molecule has 1 heterocycles. The van der Waals surface area contributed by atoms with Crippen LogP contribution in [0.5, 0.6) is 0 Å². The summed E-state index contributed by atoms with van der Waals surface area (Å²) in [5.74, 6) is -0.226. The number of hydrogen-bond donors (Lipinski definition) is 1. The summed E-state index contributed by atoms with van der Waals surface area (Å²) in [4.78, 5) is 11.3. The van der Waals surface area contributed by atoms with Gasteiger partial charge in [-0.15, -0.1) is 0 Å². The van der Waals surface area contributed by atoms with E-state index >= 15 is 0 Å². The molecule has 0 aromatic rings. The minimum Gasteiger partial charge on any atom is -0.481 e. The van der Waals surface area contributed by atoms with Crippen molar-refractivity contribution >= 4 is 5.97 Å². The van der Waals surface area contributed by atoms with Crippen LogP contribution >= 0.6 is 0 Å². The largest absolute Gasteiger partial charge is 0.481 e. The van der Waals surface area contributed by atoms with Gasteiger partial charge in [0.25, 0.3) is 0 Å². The van der Waals surface area contributed by atoms with Crippen LogP contribution in [-0.2, 0) is 9.53 Å². The van der Waals surface area contributed by atoms with Crippen molar-refractivity contribution < 1.29 is 14.6 Å². The highest BCUT2D eigenvalue weighted by atomic mass is 16.5. The summed E-state index contributed by atoms with van der Waals surface area (Å²) in [6, 6.07) is 0. The molecule has 2 fully saturated rings. The molecule has 3 nitrogen and oxygen atoms in total. The first-order valence-corrected chi connectivity index (χ1v) is 7.28. The van der Waals surface area contributed by atoms with Crippen LogP contribution in [0.15, 0.2) is 0 Å². The standard InChI is InChI=1S/C15H26O3/c1-4-14(2,3)11-5-8-15(9-6-11)12(13(16)17)7-10-18-15/h11-12H,4-10H2,1-3H3,(H,16,17). The zero-order valence-corrected chi connectivity index (χ0v) is 11.9. The molecule has 1 aliphatic heterocycles. The molecule has 1 spiro atoms. The molecule has 1 unspecified atom stereocenters. The minimum absolute atomic E-state index is 0.275. The number of hydrogen-bond acceptors (Lipinski definition) is 2. The van der Waals surface area contributed by atoms with E-state index in [-0.39, 0.29) is 11.5 Å². The van der Waals surface area contributed by atoms with Crippen LogP contribution in [0.4, 0.5) is 0 Å². The maximum Gasteiger partial charge on any atom is 0.309 e. The minimum atomic E-state index is -0.666. The van der Waals surface area contributed by atoms with E-state index in [0.717, 1.165) is 25.7 Å². The van der Waals surface area contributed by atoms with Crippen molar-refractivity contribution in [3.05, 3.63) is 0 Å². The van der Waals surface area contributed by atoms with Crippen LogP contribution in [0.25, 0.3) is 0 Å². The summed E-state index contributed by atoms with van der Waals surface area (Å²) < 4.78 is 5.87. The van der Waals surface area contributed by atoms with E-state index in [1.165, 1.54) is 6.42 Å². The van der Waals surface area contributed by atoms with Gasteiger partial charge in [-0.2, -0.15) is 0 Å². The lowest BCUT2D eigenvalue weighted by atomic mass is 9.64. The summed E-state index contributed by atoms with van der Waals surface area (Å²) in [5.41, 5.74) is 0.0328. The fourth-order valence-corrected chi connectivity index (χ4v) is 3.76. The van der Waals surface area contributed by atoms with E-state index in [1.54, 1.807) is 0 Å². The first-order chi connectivity index (χ1) is 8.41. The third-order valence-electron chi connectivity index (χ3n) is 5.58. The van der Waals surface area contributed by atoms with Gasteiger partial charge in [-0.3, -0.25) is 4.79 Å². The van der Waals surface area contributed by atoms with Gasteiger partial charge >= 0.3 is 5.97 Å². The Balaban J connectivity index is 2.03. The average molecular weight is 254 g/mol. The maximum absolute atomic E-state index is 11.3. The smallest absolute Gasteiger partial charge is 0.309 e. The highest BCUT2D eigenvalue weighted by Gasteiger charge is 2.51. The number of rotatable bonds is 3. The molecular formula is C15H26O3. The highest BCUT2D eigenvalue weighted by molar-refractivity contribution is 5.72. The molecule has 0 aromatic heterocycles. The molecular weight excluding hydrogens is 228 g/mol. The van der Waals surface area contributed by atoms with Crippen molar-refractivity contribution in [2.24, 2.45) is 17.3 Å². The van der Waals surface area contributed by atoms with E-state index in [1.807, 2.05) is 0 Å². The van der Waals surface area contributed by atoms with Crippen LogP contribution < -0.4 is 0 Å². The lowest BCUT2D eigenvalue weighted by Gasteiger charge is -2.44. The van der Waals surface area contributed by atoms with Gasteiger partial charge in [-0.25, -0.2) is 0 Å². The monoisotopic (exact) mass is 254 g/mol. The summed E-state index contributed by atoms with van der Waals surface area (Å²) >= 11 is 0. The second kappa shape index (κ2) is 4.84. The molecule has 104 valence electrons. The Morgan fingerprint density at radius 3 is 2.44 bits per heavy atom. The molecule has 2 rings (SSSR count). The van der Waals surface area contributed by atoms with Crippen molar-refractivity contribution in [1.29, 1.82) is 0 Å². The Kier molecular flexibility index (Phi) is 3.72. The van der Waals surface area contributed by atoms with Crippen molar-refractivity contribution in [2.45, 2.75) is 64.9 Å². The molecule has 1 atom stereocenters. The zero-order chi connectivity index (χ0) is 13.4. The molecule has 2 aliphatic rings. The van der Waals surface area contributed by atoms with Gasteiger partial charge in [0.05, 0.1) is 11.5 Å². The van der Waals surface area contributed by atoms with Gasteiger partial charge < -0.3 is 9.84 Å². The molecule has 0 radical (unpaired) electrons. The molecule has 1 saturated heterocycles. The Morgan fingerprint density at radius 1 is 1.33 bits per heavy atom. The van der Waals surface area contributed by atoms with Crippen LogP contribution in [0, 0.1) is 17.3 Å². The fraction of sp³-hybridized carbons (Fsp3) is 0.933. The second-order valence-corrected chi connectivity index (χ2v) is 6.71. The summed E-state index contributed by atoms with van der Waals surface area (Å²) in [5, 5.41) is 9.32. The number of carbonyl (C=O) groups is 1. The Labute approximate surface area is 110 Å². The predicted molar refractivity (Wildman–Crippen MR) is 70.5 cm³/mol. The van der Waals surface area contributed by atoms with E-state index in [4.69, 9.17) is 4.74 Å². The van der Waals surface area contributed by atoms with Gasteiger partial charge in [0.15, 0.2) is 0 Å². The highest BCUT2D eigenvalue weighted by Crippen LogP contribution is 2.49. The van der Waals surface area contributed by atoms with Gasteiger partial charge in [-0.1, -0.05) is 27.2 Å². The summed E-state index contributed by atoms with van der Waals surface area (Å²) in [7, 11) is 0. The topological polar surface area (TPSA) is 46.5 Å². The average Bonchev–Trinajstić information content (AvgIpc) is 2.73. The van der Waals surface area contributed by atoms with Gasteiger partial charge in [-0.05, 0) is 43.4 Å². The molecule has 1 saturated carbocycles. The summed E-state index contributed by atoms with van der Waals surface area (Å²) in [6.07, 6.45) is 5.97. The quantitative estimate of drug-likeness (QED) is 0.838. The van der Waals surface area contributed by atoms with E-state index in [2.05, 4.69) is 20.8 Å². The first-order valence-electron chi connectivity index (χ1n) is 7.28. The number of carboxylic acids is 1. The molecule has 18 heavy (non-hydrogen) atoms. The fourth-order valence-electron chi connectivity index (χ4n) is 3.76. The summed E-state index contributed by atoms with van der Waals surface area (Å²) in [6.45, 7) is 7.54. The van der Waals surface area contributed by atoms with Gasteiger partial charge in [0, 0.05) is 6.61 Å². The molecule has 0 bridgehead atoms. The molecule has 1 aliphatic carbocycles. The zero-order valence-electron chi connectivity index (χ0n) is 11.9. The van der Waals surface area contributed by atoms with E-state index in [9.17, 15) is 9.90 Å². The second-order valence-electron chi connectivity index (χ2n) is 6.71. The van der Waals surface area contributed by atoms with Crippen LogP contribution in [0.2, 0.25) is 0 Å². The SMILES string of the molecule is CCC(C)(C)C1CCC2(CC1)OCCC2C(=O)O. The normalized spacial score (nSPS) is 37.1. The van der Waals surface area contributed by atoms with E-state index < -0.39 is 5.97 Å². The predicted octanol–water partition coefficient (Wildman–Crippen LogP) is 3.47. The van der Waals surface area contributed by atoms with Gasteiger partial charge in [0.2, 0.25) is 0 Å². The van der Waals surface area contributed by atoms with Crippen molar-refractivity contribution in [2.75, 3.05) is 6.61 Å². The number of carboxylic acid groups (broad SMARTS) is 1. The lowest BCUT2D eigenvalue weighted by Crippen LogP contribution is -2.44. The first kappa shape index (κ1) is 13.9. The maximum atomic E-state index is 11.3. The van der Waals surface area contributed by atoms with Crippen LogP contribution in [0.1, 0.15) is 59.3 Å². The number of aliphatic carboxylic acids is 1. The Bertz CT molecular complexity index is 314. The number of ether oxygens (including phenoxy) is 1. The Morgan fingerprint density at radius 2 is 1.94 bits per heavy atom.